The number of rotatable bonds is 9. The predicted octanol–water partition coefficient (Wildman–Crippen LogP) is 5.98. The van der Waals surface area contributed by atoms with Crippen molar-refractivity contribution in [2.75, 3.05) is 28.4 Å². The summed E-state index contributed by atoms with van der Waals surface area (Å²) >= 11 is 0. The molecule has 0 heterocycles. The summed E-state index contributed by atoms with van der Waals surface area (Å²) in [7, 11) is 3.13. The molecule has 0 saturated carbocycles. The highest BCUT2D eigenvalue weighted by Crippen LogP contribution is 2.29. The van der Waals surface area contributed by atoms with E-state index in [1.165, 1.54) is 0 Å². The molecule has 0 fully saturated rings. The van der Waals surface area contributed by atoms with Crippen LogP contribution < -0.4 is 18.9 Å². The van der Waals surface area contributed by atoms with Gasteiger partial charge in [0.15, 0.2) is 5.60 Å². The van der Waals surface area contributed by atoms with Crippen molar-refractivity contribution in [2.45, 2.75) is 57.9 Å². The second-order valence-corrected chi connectivity index (χ2v) is 20.2. The Morgan fingerprint density at radius 1 is 0.583 bits per heavy atom. The summed E-state index contributed by atoms with van der Waals surface area (Å²) in [5, 5.41) is 0. The zero-order valence-corrected chi connectivity index (χ0v) is 25.4. The topological polar surface area (TPSA) is 46.2 Å². The van der Waals surface area contributed by atoms with Gasteiger partial charge in [-0.15, -0.1) is 11.1 Å². The monoisotopic (exact) mass is 524 g/mol. The molecule has 0 amide bonds. The minimum Gasteiger partial charge on any atom is -0.497 e. The van der Waals surface area contributed by atoms with E-state index in [1.54, 1.807) is 28.4 Å². The maximum atomic E-state index is 6.66. The second kappa shape index (κ2) is 12.4. The fraction of sp³-hybridized carbons (Fsp3) is 0.448. The van der Waals surface area contributed by atoms with Gasteiger partial charge in [-0.3, -0.25) is 0 Å². The van der Waals surface area contributed by atoms with E-state index in [1.807, 2.05) is 36.4 Å². The average molecular weight is 525 g/mol. The zero-order valence-electron chi connectivity index (χ0n) is 23.4. The SMILES string of the molecule is COc1cc(COC(C#C[Si](C)(C)C)(C#C[Si](C)(C)C)Cc2cc(OC)cc(OC)c2)cc(OC)c1. The third-order valence-electron chi connectivity index (χ3n) is 5.04. The second-order valence-electron chi connectivity index (χ2n) is 10.7. The number of methoxy groups -OCH3 is 4. The lowest BCUT2D eigenvalue weighted by atomic mass is 9.95. The summed E-state index contributed by atoms with van der Waals surface area (Å²) < 4.78 is 28.6. The van der Waals surface area contributed by atoms with Crippen molar-refractivity contribution in [1.82, 2.24) is 0 Å². The average Bonchev–Trinajstić information content (AvgIpc) is 2.83. The van der Waals surface area contributed by atoms with Gasteiger partial charge in [-0.2, -0.15) is 0 Å². The van der Waals surface area contributed by atoms with Crippen molar-refractivity contribution in [2.24, 2.45) is 0 Å². The standard InChI is InChI=1S/C29H40O5Si2/c1-30-25-15-23(16-26(19-25)31-2)21-29(11-13-35(5,6)7,12-14-36(8,9)10)34-22-24-17-27(32-3)20-28(18-24)33-4/h15-20H,21-22H2,1-10H3. The zero-order chi connectivity index (χ0) is 27.0. The molecule has 0 atom stereocenters. The van der Waals surface area contributed by atoms with Gasteiger partial charge < -0.3 is 23.7 Å². The first-order chi connectivity index (χ1) is 16.8. The molecule has 0 aliphatic heterocycles. The minimum atomic E-state index is -1.72. The molecule has 0 N–H and O–H groups in total. The largest absolute Gasteiger partial charge is 0.497 e. The van der Waals surface area contributed by atoms with Crippen LogP contribution in [0.1, 0.15) is 11.1 Å². The predicted molar refractivity (Wildman–Crippen MR) is 153 cm³/mol. The molecule has 36 heavy (non-hydrogen) atoms. The Labute approximate surface area is 219 Å². The highest BCUT2D eigenvalue weighted by molar-refractivity contribution is 6.84. The van der Waals surface area contributed by atoms with Crippen LogP contribution in [0.3, 0.4) is 0 Å². The van der Waals surface area contributed by atoms with Gasteiger partial charge in [-0.25, -0.2) is 0 Å². The number of hydrogen-bond donors (Lipinski definition) is 0. The molecule has 0 unspecified atom stereocenters. The molecular formula is C29H40O5Si2. The van der Waals surface area contributed by atoms with Gasteiger partial charge in [-0.05, 0) is 35.4 Å². The van der Waals surface area contributed by atoms with E-state index in [0.717, 1.165) is 11.1 Å². The van der Waals surface area contributed by atoms with Crippen LogP contribution in [-0.4, -0.2) is 50.2 Å². The molecule has 2 aromatic carbocycles. The Balaban J connectivity index is 2.64. The number of ether oxygens (including phenoxy) is 5. The maximum absolute atomic E-state index is 6.66. The molecule has 0 radical (unpaired) electrons. The van der Waals surface area contributed by atoms with Gasteiger partial charge in [0, 0.05) is 18.6 Å². The van der Waals surface area contributed by atoms with Crippen molar-refractivity contribution >= 4 is 16.1 Å². The molecule has 0 aliphatic rings. The van der Waals surface area contributed by atoms with Crippen LogP contribution in [0.5, 0.6) is 23.0 Å². The summed E-state index contributed by atoms with van der Waals surface area (Å²) in [5.74, 6) is 9.82. The Morgan fingerprint density at radius 2 is 0.944 bits per heavy atom. The molecule has 7 heteroatoms. The maximum Gasteiger partial charge on any atom is 0.193 e. The quantitative estimate of drug-likeness (QED) is 0.298. The van der Waals surface area contributed by atoms with Gasteiger partial charge in [0.1, 0.15) is 39.1 Å². The third kappa shape index (κ3) is 9.66. The van der Waals surface area contributed by atoms with E-state index in [0.29, 0.717) is 36.0 Å². The summed E-state index contributed by atoms with van der Waals surface area (Å²) in [6.07, 6.45) is 0.469. The van der Waals surface area contributed by atoms with Crippen LogP contribution in [0.25, 0.3) is 0 Å². The van der Waals surface area contributed by atoms with Crippen molar-refractivity contribution < 1.29 is 23.7 Å². The summed E-state index contributed by atoms with van der Waals surface area (Å²) in [6, 6.07) is 11.6. The lowest BCUT2D eigenvalue weighted by Crippen LogP contribution is -2.34. The van der Waals surface area contributed by atoms with Crippen LogP contribution in [0.4, 0.5) is 0 Å². The van der Waals surface area contributed by atoms with E-state index < -0.39 is 21.7 Å². The fourth-order valence-corrected chi connectivity index (χ4v) is 4.39. The van der Waals surface area contributed by atoms with Crippen molar-refractivity contribution in [1.29, 1.82) is 0 Å². The van der Waals surface area contributed by atoms with E-state index in [2.05, 4.69) is 62.2 Å². The molecule has 5 nitrogen and oxygen atoms in total. The molecule has 0 spiro atoms. The van der Waals surface area contributed by atoms with E-state index in [9.17, 15) is 0 Å². The van der Waals surface area contributed by atoms with Gasteiger partial charge >= 0.3 is 0 Å². The van der Waals surface area contributed by atoms with E-state index >= 15 is 0 Å². The number of benzene rings is 2. The summed E-state index contributed by atoms with van der Waals surface area (Å²) in [5.41, 5.74) is 7.94. The molecule has 0 saturated heterocycles. The van der Waals surface area contributed by atoms with Crippen LogP contribution in [0.2, 0.25) is 39.3 Å². The van der Waals surface area contributed by atoms with Crippen molar-refractivity contribution in [3.8, 4) is 45.9 Å². The Kier molecular flexibility index (Phi) is 10.1. The van der Waals surface area contributed by atoms with Crippen LogP contribution >= 0.6 is 0 Å². The minimum absolute atomic E-state index is 0.301. The smallest absolute Gasteiger partial charge is 0.193 e. The van der Waals surface area contributed by atoms with Crippen molar-refractivity contribution in [3.05, 3.63) is 47.5 Å². The van der Waals surface area contributed by atoms with Gasteiger partial charge in [0.25, 0.3) is 0 Å². The lowest BCUT2D eigenvalue weighted by Gasteiger charge is -2.26. The number of hydrogen-bond acceptors (Lipinski definition) is 5. The van der Waals surface area contributed by atoms with Crippen LogP contribution in [0.15, 0.2) is 36.4 Å². The molecule has 194 valence electrons. The van der Waals surface area contributed by atoms with Crippen LogP contribution in [-0.2, 0) is 17.8 Å². The molecule has 0 aliphatic carbocycles. The molecular weight excluding hydrogens is 484 g/mol. The van der Waals surface area contributed by atoms with Gasteiger partial charge in [0.05, 0.1) is 35.0 Å². The van der Waals surface area contributed by atoms with E-state index in [-0.39, 0.29) is 0 Å². The Hall–Kier alpha value is -2.85. The highest BCUT2D eigenvalue weighted by atomic mass is 28.3. The summed E-state index contributed by atoms with van der Waals surface area (Å²) in [4.78, 5) is 0. The molecule has 2 rings (SSSR count). The fourth-order valence-electron chi connectivity index (χ4n) is 3.23. The van der Waals surface area contributed by atoms with Crippen molar-refractivity contribution in [3.63, 3.8) is 0 Å². The first kappa shape index (κ1) is 29.4. The Bertz CT molecular complexity index is 1080. The summed E-state index contributed by atoms with van der Waals surface area (Å²) in [6.45, 7) is 13.6. The first-order valence-electron chi connectivity index (χ1n) is 12.0. The molecule has 0 aromatic heterocycles. The highest BCUT2D eigenvalue weighted by Gasteiger charge is 2.30. The third-order valence-corrected chi connectivity index (χ3v) is 6.79. The molecule has 0 bridgehead atoms. The van der Waals surface area contributed by atoms with E-state index in [4.69, 9.17) is 23.7 Å². The first-order valence-corrected chi connectivity index (χ1v) is 19.0. The van der Waals surface area contributed by atoms with Crippen LogP contribution in [0, 0.1) is 22.9 Å². The Morgan fingerprint density at radius 3 is 1.28 bits per heavy atom. The van der Waals surface area contributed by atoms with Gasteiger partial charge in [0.2, 0.25) is 0 Å². The van der Waals surface area contributed by atoms with Gasteiger partial charge in [-0.1, -0.05) is 51.1 Å². The normalized spacial score (nSPS) is 11.5. The molecule has 2 aromatic rings. The lowest BCUT2D eigenvalue weighted by molar-refractivity contribution is 0.0292.